The first kappa shape index (κ1) is 12.5. The lowest BCUT2D eigenvalue weighted by molar-refractivity contribution is -0.117. The Morgan fingerprint density at radius 3 is 2.88 bits per heavy atom. The molecule has 0 heterocycles. The summed E-state index contributed by atoms with van der Waals surface area (Å²) >= 11 is 0. The molecule has 0 atom stereocenters. The lowest BCUT2D eigenvalue weighted by Crippen LogP contribution is -2.14. The maximum atomic E-state index is 11.4. The molecule has 0 aromatic heterocycles. The van der Waals surface area contributed by atoms with Crippen molar-refractivity contribution in [2.75, 3.05) is 18.5 Å². The first-order chi connectivity index (χ1) is 7.63. The summed E-state index contributed by atoms with van der Waals surface area (Å²) in [7, 11) is 0. The molecule has 2 N–H and O–H groups in total. The molecular formula is C12H17NO3. The highest BCUT2D eigenvalue weighted by atomic mass is 16.5. The number of ether oxygens (including phenoxy) is 1. The zero-order chi connectivity index (χ0) is 12.0. The maximum absolute atomic E-state index is 11.4. The SMILES string of the molecule is CCOCCC(=O)Nc1ccc(C)c(O)c1. The zero-order valence-electron chi connectivity index (χ0n) is 9.62. The van der Waals surface area contributed by atoms with Crippen molar-refractivity contribution in [3.05, 3.63) is 23.8 Å². The summed E-state index contributed by atoms with van der Waals surface area (Å²) in [4.78, 5) is 11.4. The molecule has 0 saturated heterocycles. The molecule has 88 valence electrons. The van der Waals surface area contributed by atoms with Gasteiger partial charge in [0.2, 0.25) is 5.91 Å². The average Bonchev–Trinajstić information content (AvgIpc) is 2.24. The molecule has 0 unspecified atom stereocenters. The Morgan fingerprint density at radius 1 is 1.50 bits per heavy atom. The van der Waals surface area contributed by atoms with E-state index >= 15 is 0 Å². The number of anilines is 1. The highest BCUT2D eigenvalue weighted by Crippen LogP contribution is 2.20. The number of aryl methyl sites for hydroxylation is 1. The van der Waals surface area contributed by atoms with Crippen LogP contribution >= 0.6 is 0 Å². The van der Waals surface area contributed by atoms with Crippen LogP contribution < -0.4 is 5.32 Å². The Bertz CT molecular complexity index is 363. The number of amides is 1. The van der Waals surface area contributed by atoms with Crippen LogP contribution in [-0.2, 0) is 9.53 Å². The number of nitrogens with one attached hydrogen (secondary N) is 1. The van der Waals surface area contributed by atoms with E-state index in [2.05, 4.69) is 5.32 Å². The summed E-state index contributed by atoms with van der Waals surface area (Å²) in [6, 6.07) is 5.05. The van der Waals surface area contributed by atoms with Crippen LogP contribution in [0.4, 0.5) is 5.69 Å². The highest BCUT2D eigenvalue weighted by molar-refractivity contribution is 5.91. The third-order valence-electron chi connectivity index (χ3n) is 2.17. The fourth-order valence-corrected chi connectivity index (χ4v) is 1.22. The molecule has 0 spiro atoms. The summed E-state index contributed by atoms with van der Waals surface area (Å²) in [6.45, 7) is 4.71. The molecule has 1 aromatic rings. The van der Waals surface area contributed by atoms with Gasteiger partial charge in [-0.1, -0.05) is 6.07 Å². The van der Waals surface area contributed by atoms with Crippen molar-refractivity contribution in [3.8, 4) is 5.75 Å². The van der Waals surface area contributed by atoms with Gasteiger partial charge in [0.05, 0.1) is 13.0 Å². The Labute approximate surface area is 95.2 Å². The minimum absolute atomic E-state index is 0.114. The van der Waals surface area contributed by atoms with E-state index in [-0.39, 0.29) is 11.7 Å². The van der Waals surface area contributed by atoms with Crippen molar-refractivity contribution in [1.82, 2.24) is 0 Å². The van der Waals surface area contributed by atoms with E-state index in [1.165, 1.54) is 6.07 Å². The second kappa shape index (κ2) is 6.12. The lowest BCUT2D eigenvalue weighted by atomic mass is 10.2. The van der Waals surface area contributed by atoms with E-state index in [0.717, 1.165) is 5.56 Å². The van der Waals surface area contributed by atoms with Crippen LogP contribution in [0.25, 0.3) is 0 Å². The van der Waals surface area contributed by atoms with Crippen molar-refractivity contribution in [2.45, 2.75) is 20.3 Å². The van der Waals surface area contributed by atoms with Gasteiger partial charge in [-0.05, 0) is 25.5 Å². The Morgan fingerprint density at radius 2 is 2.25 bits per heavy atom. The van der Waals surface area contributed by atoms with Crippen LogP contribution in [0.15, 0.2) is 18.2 Å². The molecule has 0 bridgehead atoms. The van der Waals surface area contributed by atoms with E-state index in [1.807, 2.05) is 6.92 Å². The Kier molecular flexibility index (Phi) is 4.79. The van der Waals surface area contributed by atoms with Gasteiger partial charge in [-0.2, -0.15) is 0 Å². The van der Waals surface area contributed by atoms with E-state index in [4.69, 9.17) is 4.74 Å². The van der Waals surface area contributed by atoms with Gasteiger partial charge >= 0.3 is 0 Å². The number of hydrogen-bond donors (Lipinski definition) is 2. The quantitative estimate of drug-likeness (QED) is 0.751. The predicted octanol–water partition coefficient (Wildman–Crippen LogP) is 2.07. The molecule has 4 heteroatoms. The van der Waals surface area contributed by atoms with Gasteiger partial charge in [0.1, 0.15) is 5.75 Å². The lowest BCUT2D eigenvalue weighted by Gasteiger charge is -2.06. The number of phenolic OH excluding ortho intramolecular Hbond substituents is 1. The van der Waals surface area contributed by atoms with Crippen molar-refractivity contribution >= 4 is 11.6 Å². The standard InChI is InChI=1S/C12H17NO3/c1-3-16-7-6-12(15)13-10-5-4-9(2)11(14)8-10/h4-5,8,14H,3,6-7H2,1-2H3,(H,13,15). The summed E-state index contributed by atoms with van der Waals surface area (Å²) in [5.41, 5.74) is 1.39. The van der Waals surface area contributed by atoms with E-state index in [0.29, 0.717) is 25.3 Å². The smallest absolute Gasteiger partial charge is 0.226 e. The molecular weight excluding hydrogens is 206 g/mol. The van der Waals surface area contributed by atoms with Gasteiger partial charge < -0.3 is 15.2 Å². The zero-order valence-corrected chi connectivity index (χ0v) is 9.62. The predicted molar refractivity (Wildman–Crippen MR) is 62.6 cm³/mol. The number of benzene rings is 1. The van der Waals surface area contributed by atoms with E-state index < -0.39 is 0 Å². The summed E-state index contributed by atoms with van der Waals surface area (Å²) < 4.78 is 5.07. The second-order valence-corrected chi connectivity index (χ2v) is 3.50. The number of carbonyl (C=O) groups excluding carboxylic acids is 1. The maximum Gasteiger partial charge on any atom is 0.226 e. The van der Waals surface area contributed by atoms with Crippen LogP contribution in [0.1, 0.15) is 18.9 Å². The van der Waals surface area contributed by atoms with E-state index in [1.54, 1.807) is 19.1 Å². The summed E-state index contributed by atoms with van der Waals surface area (Å²) in [5, 5.41) is 12.1. The van der Waals surface area contributed by atoms with E-state index in [9.17, 15) is 9.90 Å². The monoisotopic (exact) mass is 223 g/mol. The minimum Gasteiger partial charge on any atom is -0.508 e. The van der Waals surface area contributed by atoms with Crippen molar-refractivity contribution in [3.63, 3.8) is 0 Å². The molecule has 1 aromatic carbocycles. The largest absolute Gasteiger partial charge is 0.508 e. The fourth-order valence-electron chi connectivity index (χ4n) is 1.22. The molecule has 1 rings (SSSR count). The van der Waals surface area contributed by atoms with Gasteiger partial charge in [0, 0.05) is 18.4 Å². The number of phenols is 1. The van der Waals surface area contributed by atoms with Crippen LogP contribution in [-0.4, -0.2) is 24.2 Å². The van der Waals surface area contributed by atoms with Crippen molar-refractivity contribution in [1.29, 1.82) is 0 Å². The summed E-state index contributed by atoms with van der Waals surface area (Å²) in [5.74, 6) is 0.0688. The summed E-state index contributed by atoms with van der Waals surface area (Å²) in [6.07, 6.45) is 0.322. The normalized spacial score (nSPS) is 10.1. The van der Waals surface area contributed by atoms with Gasteiger partial charge in [-0.3, -0.25) is 4.79 Å². The molecule has 1 amide bonds. The van der Waals surface area contributed by atoms with Crippen LogP contribution in [0.2, 0.25) is 0 Å². The van der Waals surface area contributed by atoms with Crippen molar-refractivity contribution in [2.24, 2.45) is 0 Å². The van der Waals surface area contributed by atoms with Gasteiger partial charge in [-0.25, -0.2) is 0 Å². The third kappa shape index (κ3) is 3.90. The average molecular weight is 223 g/mol. The topological polar surface area (TPSA) is 58.6 Å². The Balaban J connectivity index is 2.46. The highest BCUT2D eigenvalue weighted by Gasteiger charge is 2.03. The second-order valence-electron chi connectivity index (χ2n) is 3.50. The van der Waals surface area contributed by atoms with Crippen molar-refractivity contribution < 1.29 is 14.6 Å². The Hall–Kier alpha value is -1.55. The molecule has 0 aliphatic rings. The van der Waals surface area contributed by atoms with Crippen LogP contribution in [0.3, 0.4) is 0 Å². The number of carbonyl (C=O) groups is 1. The minimum atomic E-state index is -0.114. The van der Waals surface area contributed by atoms with Gasteiger partial charge in [0.15, 0.2) is 0 Å². The molecule has 0 aliphatic heterocycles. The first-order valence-electron chi connectivity index (χ1n) is 5.30. The molecule has 0 fully saturated rings. The van der Waals surface area contributed by atoms with Gasteiger partial charge in [0.25, 0.3) is 0 Å². The third-order valence-corrected chi connectivity index (χ3v) is 2.17. The molecule has 0 radical (unpaired) electrons. The van der Waals surface area contributed by atoms with Crippen LogP contribution in [0.5, 0.6) is 5.75 Å². The molecule has 4 nitrogen and oxygen atoms in total. The molecule has 0 aliphatic carbocycles. The van der Waals surface area contributed by atoms with Gasteiger partial charge in [-0.15, -0.1) is 0 Å². The molecule has 0 saturated carbocycles. The number of aromatic hydroxyl groups is 1. The van der Waals surface area contributed by atoms with Crippen LogP contribution in [0, 0.1) is 6.92 Å². The number of hydrogen-bond acceptors (Lipinski definition) is 3. The fraction of sp³-hybridized carbons (Fsp3) is 0.417. The first-order valence-corrected chi connectivity index (χ1v) is 5.30. The molecule has 16 heavy (non-hydrogen) atoms. The number of rotatable bonds is 5.